The van der Waals surface area contributed by atoms with E-state index in [1.165, 1.54) is 0 Å². The van der Waals surface area contributed by atoms with Gasteiger partial charge in [0.05, 0.1) is 17.1 Å². The van der Waals surface area contributed by atoms with Crippen LogP contribution in [0.25, 0.3) is 32.8 Å². The summed E-state index contributed by atoms with van der Waals surface area (Å²) in [5.74, 6) is 0.560. The molecule has 11 heteroatoms. The number of fused-ring (bicyclic) bond motifs is 4. The summed E-state index contributed by atoms with van der Waals surface area (Å²) < 4.78 is 22.7. The Labute approximate surface area is 267 Å². The molecule has 0 saturated carbocycles. The molecule has 3 aromatic carbocycles. The van der Waals surface area contributed by atoms with E-state index in [1.54, 1.807) is 18.2 Å². The van der Waals surface area contributed by atoms with Crippen molar-refractivity contribution < 1.29 is 19.0 Å². The van der Waals surface area contributed by atoms with E-state index in [-0.39, 0.29) is 40.0 Å². The molecule has 9 nitrogen and oxygen atoms in total. The lowest BCUT2D eigenvalue weighted by Crippen LogP contribution is -2.57. The molecule has 7 rings (SSSR count). The van der Waals surface area contributed by atoms with E-state index in [1.807, 2.05) is 49.9 Å². The second-order valence-corrected chi connectivity index (χ2v) is 13.9. The molecule has 0 radical (unpaired) electrons. The highest BCUT2D eigenvalue weighted by Crippen LogP contribution is 2.43. The first-order chi connectivity index (χ1) is 21.5. The molecule has 0 unspecified atom stereocenters. The highest BCUT2D eigenvalue weighted by molar-refractivity contribution is 6.35. The van der Waals surface area contributed by atoms with Gasteiger partial charge in [-0.1, -0.05) is 35.9 Å². The number of phenols is 1. The van der Waals surface area contributed by atoms with Crippen molar-refractivity contribution in [2.75, 3.05) is 56.1 Å². The van der Waals surface area contributed by atoms with Crippen LogP contribution < -0.4 is 9.80 Å². The Morgan fingerprint density at radius 1 is 0.978 bits per heavy atom. The van der Waals surface area contributed by atoms with Crippen LogP contribution in [0.15, 0.2) is 42.5 Å². The van der Waals surface area contributed by atoms with Crippen molar-refractivity contribution in [1.29, 1.82) is 0 Å². The summed E-state index contributed by atoms with van der Waals surface area (Å²) in [5, 5.41) is 12.8. The van der Waals surface area contributed by atoms with Crippen molar-refractivity contribution in [1.82, 2.24) is 19.8 Å². The first-order valence-electron chi connectivity index (χ1n) is 15.6. The van der Waals surface area contributed by atoms with E-state index in [0.717, 1.165) is 49.8 Å². The summed E-state index contributed by atoms with van der Waals surface area (Å²) in [6, 6.07) is 12.4. The Bertz CT molecular complexity index is 1790. The quantitative estimate of drug-likeness (QED) is 0.282. The van der Waals surface area contributed by atoms with Crippen LogP contribution in [-0.4, -0.2) is 95.0 Å². The highest BCUT2D eigenvalue weighted by atomic mass is 35.5. The third-order valence-corrected chi connectivity index (χ3v) is 9.44. The fraction of sp³-hybridized carbons (Fsp3) is 0.441. The van der Waals surface area contributed by atoms with Crippen LogP contribution in [-0.2, 0) is 4.74 Å². The molecule has 1 amide bonds. The molecule has 1 aromatic heterocycles. The average molecular weight is 633 g/mol. The minimum atomic E-state index is -0.583. The third kappa shape index (κ3) is 5.48. The van der Waals surface area contributed by atoms with Crippen LogP contribution in [0.2, 0.25) is 5.02 Å². The maximum Gasteiger partial charge on any atom is 0.410 e. The van der Waals surface area contributed by atoms with Gasteiger partial charge in [0.15, 0.2) is 5.82 Å². The monoisotopic (exact) mass is 632 g/mol. The number of nitrogens with zero attached hydrogens (tertiary/aromatic N) is 6. The summed E-state index contributed by atoms with van der Waals surface area (Å²) in [7, 11) is 2.08. The zero-order valence-corrected chi connectivity index (χ0v) is 26.8. The molecule has 0 aliphatic carbocycles. The molecule has 3 aliphatic heterocycles. The molecule has 4 aromatic rings. The summed E-state index contributed by atoms with van der Waals surface area (Å²) in [6.45, 7) is 9.85. The predicted molar refractivity (Wildman–Crippen MR) is 176 cm³/mol. The average Bonchev–Trinajstić information content (AvgIpc) is 3.26. The van der Waals surface area contributed by atoms with Gasteiger partial charge < -0.3 is 24.5 Å². The Morgan fingerprint density at radius 2 is 1.67 bits per heavy atom. The van der Waals surface area contributed by atoms with Gasteiger partial charge in [-0.3, -0.25) is 4.90 Å². The number of ether oxygens (including phenoxy) is 1. The maximum atomic E-state index is 17.0. The zero-order chi connectivity index (χ0) is 31.6. The number of aromatic hydroxyl groups is 1. The minimum Gasteiger partial charge on any atom is -0.508 e. The van der Waals surface area contributed by atoms with Crippen molar-refractivity contribution in [3.05, 3.63) is 53.3 Å². The van der Waals surface area contributed by atoms with Crippen LogP contribution in [0.5, 0.6) is 5.75 Å². The molecule has 2 atom stereocenters. The van der Waals surface area contributed by atoms with Crippen molar-refractivity contribution in [2.45, 2.75) is 51.3 Å². The number of benzene rings is 3. The number of likely N-dealkylation sites (N-methyl/N-ethyl adjacent to an activating group) is 1. The van der Waals surface area contributed by atoms with Crippen molar-refractivity contribution >= 4 is 51.1 Å². The minimum absolute atomic E-state index is 0.0269. The standard InChI is InChI=1S/C34H38ClFN6O3/c1-34(2,3)45-33(44)42-21-9-10-22(42)19-41(18-21)31-26-17-27(35)28(25-16-23(43)15-20-7-5-6-8-24(20)25)29(36)30(26)37-32(38-31)40-13-11-39(4)12-14-40/h5-8,15-17,21-22,43H,9-14,18-19H2,1-4H3/t21-,22+. The van der Waals surface area contributed by atoms with E-state index in [4.69, 9.17) is 26.3 Å². The fourth-order valence-corrected chi connectivity index (χ4v) is 7.29. The molecule has 2 bridgehead atoms. The highest BCUT2D eigenvalue weighted by Gasteiger charge is 2.45. The van der Waals surface area contributed by atoms with E-state index < -0.39 is 11.4 Å². The second kappa shape index (κ2) is 11.2. The molecule has 1 N–H and O–H groups in total. The Kier molecular flexibility index (Phi) is 7.40. The van der Waals surface area contributed by atoms with Crippen LogP contribution in [0.4, 0.5) is 21.0 Å². The van der Waals surface area contributed by atoms with E-state index >= 15 is 4.39 Å². The number of phenolic OH excluding ortho intramolecular Hbond substituents is 1. The SMILES string of the molecule is CN1CCN(c2nc(N3C[C@H]4CC[C@@H](C3)N4C(=O)OC(C)(C)C)c3cc(Cl)c(-c4cc(O)cc5ccccc45)c(F)c3n2)CC1. The van der Waals surface area contributed by atoms with E-state index in [2.05, 4.69) is 21.7 Å². The van der Waals surface area contributed by atoms with Crippen molar-refractivity contribution in [3.63, 3.8) is 0 Å². The summed E-state index contributed by atoms with van der Waals surface area (Å²) in [5.41, 5.74) is 0.295. The number of carbonyl (C=O) groups excluding carboxylic acids is 1. The Hall–Kier alpha value is -3.89. The number of hydrogen-bond acceptors (Lipinski definition) is 8. The van der Waals surface area contributed by atoms with Gasteiger partial charge in [-0.15, -0.1) is 0 Å². The molecule has 0 spiro atoms. The number of anilines is 2. The Balaban J connectivity index is 1.36. The normalized spacial score (nSPS) is 20.8. The summed E-state index contributed by atoms with van der Waals surface area (Å²) >= 11 is 6.93. The van der Waals surface area contributed by atoms with Gasteiger partial charge in [0.25, 0.3) is 0 Å². The van der Waals surface area contributed by atoms with Crippen LogP contribution in [0.3, 0.4) is 0 Å². The van der Waals surface area contributed by atoms with Gasteiger partial charge >= 0.3 is 6.09 Å². The summed E-state index contributed by atoms with van der Waals surface area (Å²) in [6.07, 6.45) is 1.43. The largest absolute Gasteiger partial charge is 0.508 e. The van der Waals surface area contributed by atoms with Gasteiger partial charge in [-0.2, -0.15) is 4.98 Å². The Morgan fingerprint density at radius 3 is 2.36 bits per heavy atom. The number of piperazine rings is 2. The second-order valence-electron chi connectivity index (χ2n) is 13.5. The van der Waals surface area contributed by atoms with E-state index in [0.29, 0.717) is 35.8 Å². The lowest BCUT2D eigenvalue weighted by Gasteiger charge is -2.42. The number of hydrogen-bond donors (Lipinski definition) is 1. The molecular weight excluding hydrogens is 595 g/mol. The number of halogens is 2. The zero-order valence-electron chi connectivity index (χ0n) is 26.1. The maximum absolute atomic E-state index is 17.0. The lowest BCUT2D eigenvalue weighted by atomic mass is 9.96. The fourth-order valence-electron chi connectivity index (χ4n) is 6.99. The molecule has 4 heterocycles. The smallest absolute Gasteiger partial charge is 0.410 e. The van der Waals surface area contributed by atoms with Crippen molar-refractivity contribution in [3.8, 4) is 16.9 Å². The van der Waals surface area contributed by atoms with Gasteiger partial charge in [-0.05, 0) is 75.2 Å². The molecule has 236 valence electrons. The molecule has 3 aliphatic rings. The van der Waals surface area contributed by atoms with Gasteiger partial charge in [0.2, 0.25) is 5.95 Å². The van der Waals surface area contributed by atoms with Gasteiger partial charge in [0.1, 0.15) is 22.7 Å². The molecule has 3 saturated heterocycles. The first kappa shape index (κ1) is 29.8. The van der Waals surface area contributed by atoms with Gasteiger partial charge in [0, 0.05) is 50.2 Å². The third-order valence-electron chi connectivity index (χ3n) is 9.14. The topological polar surface area (TPSA) is 85.3 Å². The van der Waals surface area contributed by atoms with Gasteiger partial charge in [-0.25, -0.2) is 14.2 Å². The number of amides is 1. The van der Waals surface area contributed by atoms with E-state index in [9.17, 15) is 9.90 Å². The van der Waals surface area contributed by atoms with Crippen molar-refractivity contribution in [2.24, 2.45) is 0 Å². The predicted octanol–water partition coefficient (Wildman–Crippen LogP) is 6.29. The lowest BCUT2D eigenvalue weighted by molar-refractivity contribution is 0.0123. The molecular formula is C34H38ClFN6O3. The first-order valence-corrected chi connectivity index (χ1v) is 16.0. The number of rotatable bonds is 3. The van der Waals surface area contributed by atoms with Crippen LogP contribution >= 0.6 is 11.6 Å². The van der Waals surface area contributed by atoms with Crippen LogP contribution in [0, 0.1) is 5.82 Å². The number of aromatic nitrogens is 2. The molecule has 3 fully saturated rings. The summed E-state index contributed by atoms with van der Waals surface area (Å²) in [4.78, 5) is 31.5. The number of carbonyl (C=O) groups is 1. The van der Waals surface area contributed by atoms with Crippen LogP contribution in [0.1, 0.15) is 33.6 Å². The molecule has 45 heavy (non-hydrogen) atoms.